The summed E-state index contributed by atoms with van der Waals surface area (Å²) in [4.78, 5) is 26.7. The van der Waals surface area contributed by atoms with Crippen molar-refractivity contribution in [1.82, 2.24) is 19.4 Å². The second-order valence-corrected chi connectivity index (χ2v) is 7.54. The van der Waals surface area contributed by atoms with Crippen LogP contribution in [0.1, 0.15) is 50.8 Å². The average Bonchev–Trinajstić information content (AvgIpc) is 3.30. The zero-order valence-electron chi connectivity index (χ0n) is 16.2. The number of carbonyl (C=O) groups excluding carboxylic acids is 1. The smallest absolute Gasteiger partial charge is 0.266 e. The summed E-state index contributed by atoms with van der Waals surface area (Å²) >= 11 is 0. The molecule has 1 unspecified atom stereocenters. The van der Waals surface area contributed by atoms with Gasteiger partial charge in [0.25, 0.3) is 5.91 Å². The molecule has 1 fully saturated rings. The van der Waals surface area contributed by atoms with Crippen molar-refractivity contribution < 1.29 is 9.63 Å². The molecule has 0 bridgehead atoms. The molecule has 144 valence electrons. The van der Waals surface area contributed by atoms with Crippen molar-refractivity contribution in [3.8, 4) is 0 Å². The number of oxime groups is 1. The minimum absolute atomic E-state index is 0.0879. The number of imidazole rings is 1. The van der Waals surface area contributed by atoms with E-state index in [1.54, 1.807) is 0 Å². The van der Waals surface area contributed by atoms with Crippen molar-refractivity contribution in [1.29, 1.82) is 0 Å². The lowest BCUT2D eigenvalue weighted by molar-refractivity contribution is -0.143. The molecule has 2 aliphatic heterocycles. The summed E-state index contributed by atoms with van der Waals surface area (Å²) in [7, 11) is 4.20. The predicted molar refractivity (Wildman–Crippen MR) is 101 cm³/mol. The van der Waals surface area contributed by atoms with Gasteiger partial charge in [-0.2, -0.15) is 0 Å². The van der Waals surface area contributed by atoms with E-state index in [2.05, 4.69) is 39.9 Å². The van der Waals surface area contributed by atoms with Gasteiger partial charge in [-0.25, -0.2) is 4.98 Å². The highest BCUT2D eigenvalue weighted by Gasteiger charge is 2.34. The topological polar surface area (TPSA) is 63.0 Å². The molecule has 26 heavy (non-hydrogen) atoms. The van der Waals surface area contributed by atoms with Crippen molar-refractivity contribution in [3.63, 3.8) is 0 Å². The minimum Gasteiger partial charge on any atom is -0.382 e. The maximum atomic E-state index is 12.6. The van der Waals surface area contributed by atoms with Crippen LogP contribution >= 0.6 is 0 Å². The van der Waals surface area contributed by atoms with Gasteiger partial charge in [0, 0.05) is 44.4 Å². The van der Waals surface area contributed by atoms with E-state index >= 15 is 0 Å². The number of rotatable bonds is 7. The fourth-order valence-corrected chi connectivity index (χ4v) is 3.76. The van der Waals surface area contributed by atoms with Gasteiger partial charge in [-0.1, -0.05) is 12.1 Å². The Morgan fingerprint density at radius 1 is 1.35 bits per heavy atom. The van der Waals surface area contributed by atoms with Crippen LogP contribution < -0.4 is 0 Å². The molecule has 1 atom stereocenters. The molecular weight excluding hydrogens is 330 g/mol. The van der Waals surface area contributed by atoms with Crippen LogP contribution in [0.2, 0.25) is 0 Å². The van der Waals surface area contributed by atoms with Gasteiger partial charge in [0.2, 0.25) is 6.10 Å². The van der Waals surface area contributed by atoms with Crippen LogP contribution in [-0.2, 0) is 16.2 Å². The molecule has 0 spiro atoms. The van der Waals surface area contributed by atoms with Gasteiger partial charge >= 0.3 is 0 Å². The molecule has 0 radical (unpaired) electrons. The number of aromatic nitrogens is 2. The Morgan fingerprint density at radius 2 is 2.12 bits per heavy atom. The number of aryl methyl sites for hydroxylation is 1. The molecule has 0 N–H and O–H groups in total. The number of piperidine rings is 1. The van der Waals surface area contributed by atoms with E-state index in [4.69, 9.17) is 4.84 Å². The molecule has 7 heteroatoms. The summed E-state index contributed by atoms with van der Waals surface area (Å²) in [5.41, 5.74) is 0.984. The zero-order chi connectivity index (χ0) is 18.5. The largest absolute Gasteiger partial charge is 0.382 e. The molecule has 0 saturated carbocycles. The second kappa shape index (κ2) is 8.66. The molecule has 1 saturated heterocycles. The van der Waals surface area contributed by atoms with Crippen molar-refractivity contribution in [2.24, 2.45) is 5.16 Å². The predicted octanol–water partition coefficient (Wildman–Crippen LogP) is 2.10. The molecule has 3 heterocycles. The van der Waals surface area contributed by atoms with Crippen LogP contribution in [0.25, 0.3) is 0 Å². The Morgan fingerprint density at radius 3 is 2.77 bits per heavy atom. The highest BCUT2D eigenvalue weighted by Crippen LogP contribution is 2.28. The van der Waals surface area contributed by atoms with Gasteiger partial charge < -0.3 is 19.2 Å². The van der Waals surface area contributed by atoms with Gasteiger partial charge in [-0.15, -0.1) is 0 Å². The van der Waals surface area contributed by atoms with Crippen LogP contribution in [0.15, 0.2) is 17.5 Å². The molecule has 3 rings (SSSR count). The first-order chi connectivity index (χ1) is 12.6. The lowest BCUT2D eigenvalue weighted by Crippen LogP contribution is -2.43. The van der Waals surface area contributed by atoms with Gasteiger partial charge in [-0.3, -0.25) is 4.79 Å². The molecule has 1 aromatic heterocycles. The van der Waals surface area contributed by atoms with E-state index < -0.39 is 6.10 Å². The lowest BCUT2D eigenvalue weighted by Gasteiger charge is -2.33. The van der Waals surface area contributed by atoms with Gasteiger partial charge in [0.05, 0.1) is 5.71 Å². The molecule has 0 aromatic carbocycles. The zero-order valence-corrected chi connectivity index (χ0v) is 16.2. The van der Waals surface area contributed by atoms with E-state index in [0.717, 1.165) is 57.6 Å². The monoisotopic (exact) mass is 361 g/mol. The van der Waals surface area contributed by atoms with Crippen molar-refractivity contribution >= 4 is 11.6 Å². The highest BCUT2D eigenvalue weighted by atomic mass is 16.6. The Bertz CT molecular complexity index is 632. The number of hydrogen-bond acceptors (Lipinski definition) is 5. The maximum Gasteiger partial charge on any atom is 0.266 e. The second-order valence-electron chi connectivity index (χ2n) is 7.54. The lowest BCUT2D eigenvalue weighted by atomic mass is 9.95. The maximum absolute atomic E-state index is 12.6. The Labute approximate surface area is 156 Å². The third-order valence-corrected chi connectivity index (χ3v) is 5.34. The van der Waals surface area contributed by atoms with Crippen LogP contribution in [0.5, 0.6) is 0 Å². The number of nitrogens with zero attached hydrogens (tertiary/aromatic N) is 5. The Hall–Kier alpha value is -1.89. The Balaban J connectivity index is 1.50. The molecule has 7 nitrogen and oxygen atoms in total. The molecular formula is C19H31N5O2. The quantitative estimate of drug-likeness (QED) is 0.746. The van der Waals surface area contributed by atoms with E-state index in [0.29, 0.717) is 12.3 Å². The SMILES string of the molecule is CCC1=NOC(C(=O)N2CCC(c3nccn3CCCN(C)C)CC2)C1. The fraction of sp³-hybridized carbons (Fsp3) is 0.737. The summed E-state index contributed by atoms with van der Waals surface area (Å²) in [6, 6.07) is 0. The number of likely N-dealkylation sites (tertiary alicyclic amines) is 1. The highest BCUT2D eigenvalue weighted by molar-refractivity contribution is 5.92. The number of carbonyl (C=O) groups is 1. The normalized spacial score (nSPS) is 21.2. The molecule has 1 amide bonds. The summed E-state index contributed by atoms with van der Waals surface area (Å²) in [5, 5.41) is 4.01. The van der Waals surface area contributed by atoms with Crippen LogP contribution in [0.4, 0.5) is 0 Å². The molecule has 0 aliphatic carbocycles. The molecule has 1 aromatic rings. The molecule has 2 aliphatic rings. The summed E-state index contributed by atoms with van der Waals surface area (Å²) in [5.74, 6) is 1.69. The van der Waals surface area contributed by atoms with Gasteiger partial charge in [0.1, 0.15) is 5.82 Å². The fourth-order valence-electron chi connectivity index (χ4n) is 3.76. The van der Waals surface area contributed by atoms with Gasteiger partial charge in [0.15, 0.2) is 0 Å². The first-order valence-electron chi connectivity index (χ1n) is 9.74. The van der Waals surface area contributed by atoms with Crippen molar-refractivity contribution in [2.75, 3.05) is 33.7 Å². The van der Waals surface area contributed by atoms with E-state index in [1.807, 2.05) is 18.0 Å². The third kappa shape index (κ3) is 4.44. The van der Waals surface area contributed by atoms with Crippen LogP contribution in [0.3, 0.4) is 0 Å². The Kier molecular flexibility index (Phi) is 6.29. The van der Waals surface area contributed by atoms with Crippen molar-refractivity contribution in [2.45, 2.75) is 57.6 Å². The summed E-state index contributed by atoms with van der Waals surface area (Å²) in [6.45, 7) is 5.67. The number of hydrogen-bond donors (Lipinski definition) is 0. The van der Waals surface area contributed by atoms with Crippen LogP contribution in [-0.4, -0.2) is 70.8 Å². The minimum atomic E-state index is -0.408. The first-order valence-corrected chi connectivity index (χ1v) is 9.74. The van der Waals surface area contributed by atoms with Crippen molar-refractivity contribution in [3.05, 3.63) is 18.2 Å². The van der Waals surface area contributed by atoms with E-state index in [-0.39, 0.29) is 5.91 Å². The standard InChI is InChI=1S/C19H31N5O2/c1-4-16-14-17(26-21-16)19(25)24-11-6-15(7-12-24)18-20-8-13-23(18)10-5-9-22(2)3/h8,13,15,17H,4-7,9-12,14H2,1-3H3. The third-order valence-electron chi connectivity index (χ3n) is 5.34. The summed E-state index contributed by atoms with van der Waals surface area (Å²) in [6.07, 6.45) is 8.11. The first kappa shape index (κ1) is 18.9. The van der Waals surface area contributed by atoms with E-state index in [9.17, 15) is 4.79 Å². The number of amides is 1. The van der Waals surface area contributed by atoms with Crippen LogP contribution in [0, 0.1) is 0 Å². The average molecular weight is 361 g/mol. The van der Waals surface area contributed by atoms with Gasteiger partial charge in [-0.05, 0) is 46.3 Å². The van der Waals surface area contributed by atoms with E-state index in [1.165, 1.54) is 5.82 Å². The summed E-state index contributed by atoms with van der Waals surface area (Å²) < 4.78 is 2.28.